The van der Waals surface area contributed by atoms with Crippen LogP contribution < -0.4 is 5.73 Å². The second kappa shape index (κ2) is 7.01. The topological polar surface area (TPSA) is 60.0 Å². The molecule has 5 nitrogen and oxygen atoms in total. The van der Waals surface area contributed by atoms with Crippen LogP contribution in [-0.2, 0) is 13.0 Å². The Bertz CT molecular complexity index is 379. The number of aromatic nitrogens is 3. The van der Waals surface area contributed by atoms with E-state index >= 15 is 0 Å². The van der Waals surface area contributed by atoms with E-state index in [-0.39, 0.29) is 0 Å². The quantitative estimate of drug-likeness (QED) is 0.809. The number of aryl methyl sites for hydroxylation is 1. The molecule has 19 heavy (non-hydrogen) atoms. The summed E-state index contributed by atoms with van der Waals surface area (Å²) in [4.78, 5) is 2.22. The standard InChI is InChI=1S/C14H27N5/c1-18(2)10-5-11-19-14(12-6-3-4-7-12)13(8-9-15)16-17-19/h12H,3-11,15H2,1-2H3. The molecule has 0 aromatic carbocycles. The third-order valence-electron chi connectivity index (χ3n) is 3.95. The van der Waals surface area contributed by atoms with E-state index < -0.39 is 0 Å². The summed E-state index contributed by atoms with van der Waals surface area (Å²) in [5.74, 6) is 0.663. The lowest BCUT2D eigenvalue weighted by atomic mass is 10.0. The average Bonchev–Trinajstić information content (AvgIpc) is 2.98. The smallest absolute Gasteiger partial charge is 0.0874 e. The number of nitrogens with zero attached hydrogens (tertiary/aromatic N) is 4. The van der Waals surface area contributed by atoms with Gasteiger partial charge in [-0.3, -0.25) is 0 Å². The third kappa shape index (κ3) is 3.76. The molecular weight excluding hydrogens is 238 g/mol. The van der Waals surface area contributed by atoms with Gasteiger partial charge in [-0.05, 0) is 46.4 Å². The van der Waals surface area contributed by atoms with Crippen molar-refractivity contribution >= 4 is 0 Å². The molecule has 2 rings (SSSR count). The molecule has 1 fully saturated rings. The summed E-state index contributed by atoms with van der Waals surface area (Å²) in [5.41, 5.74) is 8.21. The van der Waals surface area contributed by atoms with Gasteiger partial charge in [0.15, 0.2) is 0 Å². The van der Waals surface area contributed by atoms with Crippen LogP contribution in [0, 0.1) is 0 Å². The Kier molecular flexibility index (Phi) is 5.34. The largest absolute Gasteiger partial charge is 0.330 e. The number of hydrogen-bond acceptors (Lipinski definition) is 4. The highest BCUT2D eigenvalue weighted by Crippen LogP contribution is 2.35. The first-order valence-corrected chi connectivity index (χ1v) is 7.49. The highest BCUT2D eigenvalue weighted by molar-refractivity contribution is 5.17. The van der Waals surface area contributed by atoms with Gasteiger partial charge in [0, 0.05) is 18.9 Å². The first-order valence-electron chi connectivity index (χ1n) is 7.49. The van der Waals surface area contributed by atoms with Gasteiger partial charge in [-0.25, -0.2) is 4.68 Å². The zero-order chi connectivity index (χ0) is 13.7. The number of rotatable bonds is 7. The molecule has 0 bridgehead atoms. The van der Waals surface area contributed by atoms with E-state index in [2.05, 4.69) is 34.0 Å². The van der Waals surface area contributed by atoms with Crippen LogP contribution >= 0.6 is 0 Å². The minimum Gasteiger partial charge on any atom is -0.330 e. The molecule has 1 aliphatic carbocycles. The molecule has 0 amide bonds. The molecule has 0 radical (unpaired) electrons. The molecule has 108 valence electrons. The van der Waals surface area contributed by atoms with Crippen LogP contribution in [0.4, 0.5) is 0 Å². The second-order valence-corrected chi connectivity index (χ2v) is 5.82. The van der Waals surface area contributed by atoms with E-state index in [0.717, 1.165) is 31.6 Å². The van der Waals surface area contributed by atoms with Crippen LogP contribution in [0.2, 0.25) is 0 Å². The van der Waals surface area contributed by atoms with Crippen molar-refractivity contribution in [3.8, 4) is 0 Å². The minimum atomic E-state index is 0.663. The molecular formula is C14H27N5. The lowest BCUT2D eigenvalue weighted by Crippen LogP contribution is -2.17. The maximum Gasteiger partial charge on any atom is 0.0874 e. The minimum absolute atomic E-state index is 0.663. The van der Waals surface area contributed by atoms with Gasteiger partial charge < -0.3 is 10.6 Å². The van der Waals surface area contributed by atoms with E-state index in [1.807, 2.05) is 0 Å². The summed E-state index contributed by atoms with van der Waals surface area (Å²) in [6.07, 6.45) is 7.25. The highest BCUT2D eigenvalue weighted by atomic mass is 15.4. The van der Waals surface area contributed by atoms with Crippen LogP contribution in [0.25, 0.3) is 0 Å². The maximum absolute atomic E-state index is 5.69. The molecule has 2 N–H and O–H groups in total. The summed E-state index contributed by atoms with van der Waals surface area (Å²) in [6.45, 7) is 2.73. The van der Waals surface area contributed by atoms with Crippen molar-refractivity contribution in [2.45, 2.75) is 51.0 Å². The summed E-state index contributed by atoms with van der Waals surface area (Å²) in [6, 6.07) is 0. The zero-order valence-electron chi connectivity index (χ0n) is 12.3. The van der Waals surface area contributed by atoms with Gasteiger partial charge in [-0.15, -0.1) is 5.10 Å². The fraction of sp³-hybridized carbons (Fsp3) is 0.857. The fourth-order valence-corrected chi connectivity index (χ4v) is 3.02. The molecule has 1 heterocycles. The maximum atomic E-state index is 5.69. The van der Waals surface area contributed by atoms with Gasteiger partial charge in [0.25, 0.3) is 0 Å². The third-order valence-corrected chi connectivity index (χ3v) is 3.95. The first-order chi connectivity index (χ1) is 9.22. The SMILES string of the molecule is CN(C)CCCn1nnc(CCN)c1C1CCCC1. The summed E-state index contributed by atoms with van der Waals surface area (Å²) in [7, 11) is 4.22. The monoisotopic (exact) mass is 265 g/mol. The van der Waals surface area contributed by atoms with Crippen molar-refractivity contribution in [2.75, 3.05) is 27.2 Å². The van der Waals surface area contributed by atoms with Crippen LogP contribution in [0.1, 0.15) is 49.4 Å². The molecule has 5 heteroatoms. The molecule has 1 saturated carbocycles. The number of nitrogens with two attached hydrogens (primary N) is 1. The van der Waals surface area contributed by atoms with E-state index in [1.165, 1.54) is 31.4 Å². The lowest BCUT2D eigenvalue weighted by molar-refractivity contribution is 0.374. The molecule has 0 aliphatic heterocycles. The van der Waals surface area contributed by atoms with Crippen molar-refractivity contribution in [2.24, 2.45) is 5.73 Å². The Hall–Kier alpha value is -0.940. The molecule has 0 atom stereocenters. The van der Waals surface area contributed by atoms with Crippen LogP contribution in [0.15, 0.2) is 0 Å². The van der Waals surface area contributed by atoms with Crippen molar-refractivity contribution < 1.29 is 0 Å². The summed E-state index contributed by atoms with van der Waals surface area (Å²) >= 11 is 0. The van der Waals surface area contributed by atoms with Crippen LogP contribution in [0.5, 0.6) is 0 Å². The lowest BCUT2D eigenvalue weighted by Gasteiger charge is -2.15. The van der Waals surface area contributed by atoms with Gasteiger partial charge in [-0.1, -0.05) is 18.1 Å². The Morgan fingerprint density at radius 1 is 1.32 bits per heavy atom. The van der Waals surface area contributed by atoms with Crippen molar-refractivity contribution in [3.05, 3.63) is 11.4 Å². The summed E-state index contributed by atoms with van der Waals surface area (Å²) < 4.78 is 2.14. The van der Waals surface area contributed by atoms with Gasteiger partial charge in [0.1, 0.15) is 0 Å². The number of hydrogen-bond donors (Lipinski definition) is 1. The predicted octanol–water partition coefficient (Wildman–Crippen LogP) is 1.39. The van der Waals surface area contributed by atoms with Gasteiger partial charge >= 0.3 is 0 Å². The van der Waals surface area contributed by atoms with E-state index in [4.69, 9.17) is 5.73 Å². The normalized spacial score (nSPS) is 16.6. The van der Waals surface area contributed by atoms with E-state index in [1.54, 1.807) is 0 Å². The first kappa shape index (κ1) is 14.5. The van der Waals surface area contributed by atoms with Crippen LogP contribution in [0.3, 0.4) is 0 Å². The Labute approximate surface area is 116 Å². The molecule has 0 unspecified atom stereocenters. The molecule has 1 aromatic rings. The van der Waals surface area contributed by atoms with E-state index in [0.29, 0.717) is 12.5 Å². The van der Waals surface area contributed by atoms with Gasteiger partial charge in [-0.2, -0.15) is 0 Å². The van der Waals surface area contributed by atoms with Gasteiger partial charge in [0.2, 0.25) is 0 Å². The fourth-order valence-electron chi connectivity index (χ4n) is 3.02. The molecule has 1 aromatic heterocycles. The van der Waals surface area contributed by atoms with Crippen molar-refractivity contribution in [1.82, 2.24) is 19.9 Å². The molecule has 0 spiro atoms. The average molecular weight is 265 g/mol. The highest BCUT2D eigenvalue weighted by Gasteiger charge is 2.25. The Morgan fingerprint density at radius 3 is 2.68 bits per heavy atom. The van der Waals surface area contributed by atoms with Gasteiger partial charge in [0.05, 0.1) is 11.4 Å². The molecule has 1 aliphatic rings. The van der Waals surface area contributed by atoms with Crippen LogP contribution in [-0.4, -0.2) is 47.1 Å². The van der Waals surface area contributed by atoms with E-state index in [9.17, 15) is 0 Å². The Morgan fingerprint density at radius 2 is 2.05 bits per heavy atom. The van der Waals surface area contributed by atoms with Crippen molar-refractivity contribution in [1.29, 1.82) is 0 Å². The summed E-state index contributed by atoms with van der Waals surface area (Å²) in [5, 5.41) is 8.74. The molecule has 0 saturated heterocycles. The zero-order valence-corrected chi connectivity index (χ0v) is 12.3. The predicted molar refractivity (Wildman–Crippen MR) is 77.2 cm³/mol. The Balaban J connectivity index is 2.08. The second-order valence-electron chi connectivity index (χ2n) is 5.82. The van der Waals surface area contributed by atoms with Crippen molar-refractivity contribution in [3.63, 3.8) is 0 Å².